The number of amides is 1. The number of hydrogen-bond acceptors (Lipinski definition) is 1. The highest BCUT2D eigenvalue weighted by molar-refractivity contribution is 5.87. The van der Waals surface area contributed by atoms with E-state index >= 15 is 0 Å². The molecule has 0 aromatic rings. The number of β-lactam (4-membered cyclic amide) rings is 1. The lowest BCUT2D eigenvalue weighted by Crippen LogP contribution is -2.75. The predicted molar refractivity (Wildman–Crippen MR) is 50.0 cm³/mol. The van der Waals surface area contributed by atoms with Crippen LogP contribution in [0.4, 0.5) is 0 Å². The first-order valence-electron chi connectivity index (χ1n) is 5.34. The molecule has 1 saturated heterocycles. The summed E-state index contributed by atoms with van der Waals surface area (Å²) in [7, 11) is 0. The zero-order valence-electron chi connectivity index (χ0n) is 8.50. The molecule has 2 nitrogen and oxygen atoms in total. The number of hydrogen-bond donors (Lipinski definition) is 1. The number of nitrogens with one attached hydrogen (secondary N) is 1. The van der Waals surface area contributed by atoms with Crippen LogP contribution in [0.15, 0.2) is 0 Å². The van der Waals surface area contributed by atoms with Crippen molar-refractivity contribution in [1.29, 1.82) is 0 Å². The van der Waals surface area contributed by atoms with Crippen LogP contribution >= 0.6 is 0 Å². The summed E-state index contributed by atoms with van der Waals surface area (Å²) in [5.41, 5.74) is 0.480. The molecule has 13 heavy (non-hydrogen) atoms. The first-order chi connectivity index (χ1) is 6.03. The predicted octanol–water partition coefficient (Wildman–Crippen LogP) is 1.41. The molecule has 0 unspecified atom stereocenters. The molecule has 4 rings (SSSR count). The minimum Gasteiger partial charge on any atom is -0.352 e. The van der Waals surface area contributed by atoms with Gasteiger partial charge in [0, 0.05) is 6.04 Å². The van der Waals surface area contributed by atoms with Gasteiger partial charge in [0.1, 0.15) is 0 Å². The second-order valence-electron chi connectivity index (χ2n) is 5.69. The van der Waals surface area contributed by atoms with Gasteiger partial charge in [0.05, 0.1) is 5.92 Å². The van der Waals surface area contributed by atoms with E-state index in [0.29, 0.717) is 29.2 Å². The SMILES string of the molecule is C[C@H]1[C@@H]2C(=O)N[C@@H]2[C@@H]2C[C@H]1C2(C)C. The summed E-state index contributed by atoms with van der Waals surface area (Å²) in [5.74, 6) is 2.83. The Bertz CT molecular complexity index is 270. The number of rotatable bonds is 0. The minimum absolute atomic E-state index is 0.308. The van der Waals surface area contributed by atoms with Gasteiger partial charge < -0.3 is 5.32 Å². The van der Waals surface area contributed by atoms with E-state index in [1.54, 1.807) is 0 Å². The Morgan fingerprint density at radius 2 is 2.08 bits per heavy atom. The quantitative estimate of drug-likeness (QED) is 0.560. The van der Waals surface area contributed by atoms with Crippen molar-refractivity contribution in [2.45, 2.75) is 33.2 Å². The Kier molecular flexibility index (Phi) is 1.17. The molecule has 4 aliphatic rings. The Hall–Kier alpha value is -0.530. The molecule has 1 N–H and O–H groups in total. The summed E-state index contributed by atoms with van der Waals surface area (Å²) < 4.78 is 0. The van der Waals surface area contributed by atoms with E-state index in [0.717, 1.165) is 11.8 Å². The molecular weight excluding hydrogens is 162 g/mol. The van der Waals surface area contributed by atoms with Gasteiger partial charge in [-0.3, -0.25) is 4.79 Å². The molecule has 0 aromatic heterocycles. The molecule has 3 saturated carbocycles. The van der Waals surface area contributed by atoms with Crippen LogP contribution in [0.1, 0.15) is 27.2 Å². The Morgan fingerprint density at radius 1 is 1.38 bits per heavy atom. The van der Waals surface area contributed by atoms with Crippen molar-refractivity contribution in [1.82, 2.24) is 5.32 Å². The molecule has 0 radical (unpaired) electrons. The number of carbonyl (C=O) groups excluding carboxylic acids is 1. The van der Waals surface area contributed by atoms with Crippen molar-refractivity contribution < 1.29 is 4.79 Å². The molecule has 1 heterocycles. The maximum absolute atomic E-state index is 11.3. The molecule has 0 aromatic carbocycles. The van der Waals surface area contributed by atoms with Crippen molar-refractivity contribution >= 4 is 5.91 Å². The second kappa shape index (κ2) is 1.94. The van der Waals surface area contributed by atoms with Gasteiger partial charge in [-0.2, -0.15) is 0 Å². The normalized spacial score (nSPS) is 55.6. The topological polar surface area (TPSA) is 29.1 Å². The van der Waals surface area contributed by atoms with E-state index in [-0.39, 0.29) is 0 Å². The molecule has 72 valence electrons. The number of carbonyl (C=O) groups is 1. The first-order valence-corrected chi connectivity index (χ1v) is 5.34. The van der Waals surface area contributed by atoms with Gasteiger partial charge in [-0.1, -0.05) is 20.8 Å². The maximum Gasteiger partial charge on any atom is 0.225 e. The summed E-state index contributed by atoms with van der Waals surface area (Å²) >= 11 is 0. The van der Waals surface area contributed by atoms with Crippen LogP contribution in [0.25, 0.3) is 0 Å². The van der Waals surface area contributed by atoms with Crippen LogP contribution < -0.4 is 5.32 Å². The third kappa shape index (κ3) is 0.660. The second-order valence-corrected chi connectivity index (χ2v) is 5.69. The summed E-state index contributed by atoms with van der Waals surface area (Å²) in [6.45, 7) is 6.99. The molecule has 2 heteroatoms. The zero-order valence-corrected chi connectivity index (χ0v) is 8.50. The standard InChI is InChI=1S/C11H17NO/c1-5-6-4-7(11(6,2)3)9-8(5)10(13)12-9/h5-9H,4H2,1-3H3,(H,12,13)/t5-,6-,7+,8+,9-/m1/s1. The van der Waals surface area contributed by atoms with Gasteiger partial charge in [0.2, 0.25) is 5.91 Å². The largest absolute Gasteiger partial charge is 0.352 e. The fraction of sp³-hybridized carbons (Fsp3) is 0.909. The van der Waals surface area contributed by atoms with Crippen molar-refractivity contribution in [3.05, 3.63) is 0 Å². The molecule has 4 fully saturated rings. The zero-order chi connectivity index (χ0) is 9.38. The van der Waals surface area contributed by atoms with Crippen molar-refractivity contribution in [3.63, 3.8) is 0 Å². The summed E-state index contributed by atoms with van der Waals surface area (Å²) in [6.07, 6.45) is 1.34. The highest BCUT2D eigenvalue weighted by Gasteiger charge is 2.66. The van der Waals surface area contributed by atoms with Gasteiger partial charge >= 0.3 is 0 Å². The van der Waals surface area contributed by atoms with Crippen LogP contribution in [0.3, 0.4) is 0 Å². The van der Waals surface area contributed by atoms with E-state index in [1.807, 2.05) is 0 Å². The lowest BCUT2D eigenvalue weighted by atomic mass is 9.40. The van der Waals surface area contributed by atoms with E-state index in [1.165, 1.54) is 6.42 Å². The van der Waals surface area contributed by atoms with Gasteiger partial charge in [-0.15, -0.1) is 0 Å². The van der Waals surface area contributed by atoms with Gasteiger partial charge in [-0.25, -0.2) is 0 Å². The average molecular weight is 179 g/mol. The van der Waals surface area contributed by atoms with E-state index in [2.05, 4.69) is 26.1 Å². The smallest absolute Gasteiger partial charge is 0.225 e. The van der Waals surface area contributed by atoms with E-state index in [4.69, 9.17) is 0 Å². The molecule has 3 aliphatic carbocycles. The molecule has 5 atom stereocenters. The van der Waals surface area contributed by atoms with Crippen LogP contribution in [0.2, 0.25) is 0 Å². The summed E-state index contributed by atoms with van der Waals surface area (Å²) in [5, 5.41) is 3.08. The minimum atomic E-state index is 0.308. The van der Waals surface area contributed by atoms with Gasteiger partial charge in [0.15, 0.2) is 0 Å². The molecule has 1 amide bonds. The Balaban J connectivity index is 1.94. The summed E-state index contributed by atoms with van der Waals surface area (Å²) in [4.78, 5) is 11.3. The lowest BCUT2D eigenvalue weighted by molar-refractivity contribution is -0.190. The fourth-order valence-electron chi connectivity index (χ4n) is 4.08. The molecule has 0 spiro atoms. The monoisotopic (exact) mass is 179 g/mol. The fourth-order valence-corrected chi connectivity index (χ4v) is 4.08. The summed E-state index contributed by atoms with van der Waals surface area (Å²) in [6, 6.07) is 0.516. The van der Waals surface area contributed by atoms with Crippen molar-refractivity contribution in [3.8, 4) is 0 Å². The van der Waals surface area contributed by atoms with Crippen molar-refractivity contribution in [2.75, 3.05) is 0 Å². The van der Waals surface area contributed by atoms with E-state index in [9.17, 15) is 4.79 Å². The van der Waals surface area contributed by atoms with Gasteiger partial charge in [0.25, 0.3) is 0 Å². The van der Waals surface area contributed by atoms with Crippen LogP contribution in [-0.4, -0.2) is 11.9 Å². The third-order valence-corrected chi connectivity index (χ3v) is 5.05. The third-order valence-electron chi connectivity index (χ3n) is 5.05. The van der Waals surface area contributed by atoms with E-state index < -0.39 is 0 Å². The van der Waals surface area contributed by atoms with Crippen LogP contribution in [-0.2, 0) is 4.79 Å². The average Bonchev–Trinajstić information content (AvgIpc) is 2.00. The first kappa shape index (κ1) is 7.84. The highest BCUT2D eigenvalue weighted by atomic mass is 16.2. The Morgan fingerprint density at radius 3 is 2.54 bits per heavy atom. The van der Waals surface area contributed by atoms with Crippen LogP contribution in [0, 0.1) is 29.1 Å². The lowest BCUT2D eigenvalue weighted by Gasteiger charge is -2.68. The van der Waals surface area contributed by atoms with Crippen LogP contribution in [0.5, 0.6) is 0 Å². The van der Waals surface area contributed by atoms with Crippen molar-refractivity contribution in [2.24, 2.45) is 29.1 Å². The highest BCUT2D eigenvalue weighted by Crippen LogP contribution is 2.64. The maximum atomic E-state index is 11.3. The molecular formula is C11H17NO. The Labute approximate surface area is 79.1 Å². The molecule has 1 aliphatic heterocycles. The molecule has 2 bridgehead atoms. The van der Waals surface area contributed by atoms with Gasteiger partial charge in [-0.05, 0) is 29.6 Å².